The summed E-state index contributed by atoms with van der Waals surface area (Å²) in [5.41, 5.74) is 0.923. The maximum absolute atomic E-state index is 13.3. The molecule has 4 rings (SSSR count). The number of carbonyl (C=O) groups is 1. The summed E-state index contributed by atoms with van der Waals surface area (Å²) < 4.78 is 11.0. The van der Waals surface area contributed by atoms with Crippen molar-refractivity contribution in [3.63, 3.8) is 0 Å². The fourth-order valence-corrected chi connectivity index (χ4v) is 3.92. The number of benzene rings is 2. The third kappa shape index (κ3) is 3.08. The fraction of sp³-hybridized carbons (Fsp3) is 0.200. The van der Waals surface area contributed by atoms with Gasteiger partial charge in [-0.15, -0.1) is 0 Å². The van der Waals surface area contributed by atoms with Gasteiger partial charge in [-0.2, -0.15) is 0 Å². The summed E-state index contributed by atoms with van der Waals surface area (Å²) in [6.07, 6.45) is 0. The van der Waals surface area contributed by atoms with E-state index in [0.717, 1.165) is 0 Å². The van der Waals surface area contributed by atoms with Crippen LogP contribution in [-0.2, 0) is 4.74 Å². The lowest BCUT2D eigenvalue weighted by Gasteiger charge is -2.25. The van der Waals surface area contributed by atoms with Gasteiger partial charge in [0, 0.05) is 18.7 Å². The Morgan fingerprint density at radius 2 is 1.86 bits per heavy atom. The first kappa shape index (κ1) is 19.3. The lowest BCUT2D eigenvalue weighted by Crippen LogP contribution is -2.32. The molecule has 0 radical (unpaired) electrons. The molecule has 28 heavy (non-hydrogen) atoms. The number of fused-ring (bicyclic) bond motifs is 2. The SMILES string of the molecule is COCCN1C(=O)c2oc3ccc(Cl)cc3c(=O)c2C1c1ccc(Cl)c(Cl)c1. The van der Waals surface area contributed by atoms with Crippen LogP contribution >= 0.6 is 34.8 Å². The van der Waals surface area contributed by atoms with E-state index in [1.165, 1.54) is 6.07 Å². The van der Waals surface area contributed by atoms with Crippen molar-refractivity contribution in [3.05, 3.63) is 78.6 Å². The predicted octanol–water partition coefficient (Wildman–Crippen LogP) is 4.94. The second-order valence-electron chi connectivity index (χ2n) is 6.38. The first-order valence-electron chi connectivity index (χ1n) is 8.43. The first-order valence-corrected chi connectivity index (χ1v) is 9.57. The van der Waals surface area contributed by atoms with Gasteiger partial charge in [-0.05, 0) is 35.9 Å². The van der Waals surface area contributed by atoms with Crippen LogP contribution in [0.25, 0.3) is 11.0 Å². The maximum Gasteiger partial charge on any atom is 0.290 e. The van der Waals surface area contributed by atoms with E-state index in [4.69, 9.17) is 44.0 Å². The number of halogens is 3. The Hall–Kier alpha value is -2.05. The summed E-state index contributed by atoms with van der Waals surface area (Å²) >= 11 is 18.3. The molecular formula is C20H14Cl3NO4. The fourth-order valence-electron chi connectivity index (χ4n) is 3.44. The minimum absolute atomic E-state index is 0.0204. The molecule has 1 unspecified atom stereocenters. The molecule has 0 N–H and O–H groups in total. The van der Waals surface area contributed by atoms with Gasteiger partial charge in [0.05, 0.1) is 33.6 Å². The van der Waals surface area contributed by atoms with Crippen LogP contribution in [0.15, 0.2) is 45.6 Å². The van der Waals surface area contributed by atoms with Crippen molar-refractivity contribution >= 4 is 51.7 Å². The van der Waals surface area contributed by atoms with E-state index < -0.39 is 6.04 Å². The van der Waals surface area contributed by atoms with E-state index in [0.29, 0.717) is 38.2 Å². The zero-order valence-electron chi connectivity index (χ0n) is 14.7. The normalized spacial score (nSPS) is 16.1. The van der Waals surface area contributed by atoms with E-state index in [1.807, 2.05) is 0 Å². The average Bonchev–Trinajstić information content (AvgIpc) is 2.95. The molecule has 1 aliphatic heterocycles. The van der Waals surface area contributed by atoms with Gasteiger partial charge >= 0.3 is 0 Å². The number of hydrogen-bond donors (Lipinski definition) is 0. The molecule has 1 atom stereocenters. The minimum atomic E-state index is -0.660. The van der Waals surface area contributed by atoms with Crippen molar-refractivity contribution < 1.29 is 13.9 Å². The lowest BCUT2D eigenvalue weighted by molar-refractivity contribution is 0.0663. The van der Waals surface area contributed by atoms with E-state index in [2.05, 4.69) is 0 Å². The topological polar surface area (TPSA) is 59.8 Å². The lowest BCUT2D eigenvalue weighted by atomic mass is 9.98. The van der Waals surface area contributed by atoms with Crippen molar-refractivity contribution in [1.82, 2.24) is 4.90 Å². The maximum atomic E-state index is 13.3. The molecule has 0 spiro atoms. The predicted molar refractivity (Wildman–Crippen MR) is 109 cm³/mol. The highest BCUT2D eigenvalue weighted by Crippen LogP contribution is 2.39. The number of methoxy groups -OCH3 is 1. The molecule has 0 aliphatic carbocycles. The molecular weight excluding hydrogens is 425 g/mol. The molecule has 8 heteroatoms. The van der Waals surface area contributed by atoms with Crippen LogP contribution in [0, 0.1) is 0 Å². The Labute approximate surface area is 175 Å². The van der Waals surface area contributed by atoms with Crippen LogP contribution in [0.4, 0.5) is 0 Å². The number of nitrogens with zero attached hydrogens (tertiary/aromatic N) is 1. The second kappa shape index (κ2) is 7.41. The zero-order chi connectivity index (χ0) is 20.0. The highest BCUT2D eigenvalue weighted by Gasteiger charge is 2.42. The monoisotopic (exact) mass is 437 g/mol. The molecule has 144 valence electrons. The van der Waals surface area contributed by atoms with Gasteiger partial charge in [0.1, 0.15) is 5.58 Å². The van der Waals surface area contributed by atoms with Crippen molar-refractivity contribution in [1.29, 1.82) is 0 Å². The van der Waals surface area contributed by atoms with Crippen molar-refractivity contribution in [3.8, 4) is 0 Å². The molecule has 1 aliphatic rings. The van der Waals surface area contributed by atoms with Crippen LogP contribution in [0.5, 0.6) is 0 Å². The smallest absolute Gasteiger partial charge is 0.290 e. The largest absolute Gasteiger partial charge is 0.450 e. The Morgan fingerprint density at radius 3 is 2.57 bits per heavy atom. The standard InChI is InChI=1S/C20H14Cl3NO4/c1-27-7-6-24-17(10-2-4-13(22)14(23)8-10)16-18(25)12-9-11(21)3-5-15(12)28-19(16)20(24)26/h2-5,8-9,17H,6-7H2,1H3. The van der Waals surface area contributed by atoms with Crippen molar-refractivity contribution in [2.45, 2.75) is 6.04 Å². The van der Waals surface area contributed by atoms with Crippen LogP contribution in [-0.4, -0.2) is 31.1 Å². The summed E-state index contributed by atoms with van der Waals surface area (Å²) in [6.45, 7) is 0.581. The Kier molecular flexibility index (Phi) is 5.10. The average molecular weight is 439 g/mol. The van der Waals surface area contributed by atoms with E-state index in [1.54, 1.807) is 42.3 Å². The molecule has 2 aromatic carbocycles. The Bertz CT molecular complexity index is 1160. The van der Waals surface area contributed by atoms with Crippen LogP contribution in [0.2, 0.25) is 15.1 Å². The molecule has 5 nitrogen and oxygen atoms in total. The van der Waals surface area contributed by atoms with Gasteiger partial charge in [0.2, 0.25) is 5.76 Å². The highest BCUT2D eigenvalue weighted by atomic mass is 35.5. The van der Waals surface area contributed by atoms with Crippen LogP contribution < -0.4 is 5.43 Å². The summed E-state index contributed by atoms with van der Waals surface area (Å²) in [7, 11) is 1.54. The van der Waals surface area contributed by atoms with Gasteiger partial charge in [-0.1, -0.05) is 40.9 Å². The van der Waals surface area contributed by atoms with E-state index >= 15 is 0 Å². The van der Waals surface area contributed by atoms with Crippen molar-refractivity contribution in [2.75, 3.05) is 20.3 Å². The Balaban J connectivity index is 1.98. The third-order valence-corrected chi connectivity index (χ3v) is 5.70. The number of hydrogen-bond acceptors (Lipinski definition) is 4. The number of rotatable bonds is 4. The third-order valence-electron chi connectivity index (χ3n) is 4.72. The van der Waals surface area contributed by atoms with Gasteiger partial charge in [0.25, 0.3) is 5.91 Å². The van der Waals surface area contributed by atoms with Gasteiger partial charge in [-0.25, -0.2) is 0 Å². The molecule has 0 saturated carbocycles. The summed E-state index contributed by atoms with van der Waals surface area (Å²) in [6, 6.07) is 9.09. The summed E-state index contributed by atoms with van der Waals surface area (Å²) in [5.74, 6) is -0.357. The Morgan fingerprint density at radius 1 is 1.07 bits per heavy atom. The van der Waals surface area contributed by atoms with Crippen LogP contribution in [0.1, 0.15) is 27.7 Å². The molecule has 1 amide bonds. The quantitative estimate of drug-likeness (QED) is 0.578. The minimum Gasteiger partial charge on any atom is -0.450 e. The number of carbonyl (C=O) groups excluding carboxylic acids is 1. The van der Waals surface area contributed by atoms with E-state index in [9.17, 15) is 9.59 Å². The molecule has 1 aromatic heterocycles. The highest BCUT2D eigenvalue weighted by molar-refractivity contribution is 6.42. The van der Waals surface area contributed by atoms with Gasteiger partial charge < -0.3 is 14.1 Å². The van der Waals surface area contributed by atoms with Gasteiger partial charge in [0.15, 0.2) is 5.43 Å². The number of amides is 1. The molecule has 3 aromatic rings. The van der Waals surface area contributed by atoms with Gasteiger partial charge in [-0.3, -0.25) is 9.59 Å². The second-order valence-corrected chi connectivity index (χ2v) is 7.63. The molecule has 0 saturated heterocycles. The number of ether oxygens (including phenoxy) is 1. The molecule has 2 heterocycles. The summed E-state index contributed by atoms with van der Waals surface area (Å²) in [4.78, 5) is 27.9. The first-order chi connectivity index (χ1) is 13.4. The van der Waals surface area contributed by atoms with Crippen LogP contribution in [0.3, 0.4) is 0 Å². The molecule has 0 bridgehead atoms. The zero-order valence-corrected chi connectivity index (χ0v) is 16.9. The van der Waals surface area contributed by atoms with Crippen molar-refractivity contribution in [2.24, 2.45) is 0 Å². The summed E-state index contributed by atoms with van der Waals surface area (Å²) in [5, 5.41) is 1.44. The molecule has 0 fully saturated rings. The van der Waals surface area contributed by atoms with E-state index in [-0.39, 0.29) is 29.2 Å².